The predicted octanol–water partition coefficient (Wildman–Crippen LogP) is 6.79. The molecule has 41 heavy (non-hydrogen) atoms. The van der Waals surface area contributed by atoms with Crippen molar-refractivity contribution in [2.24, 2.45) is 11.7 Å². The third kappa shape index (κ3) is 5.95. The molecule has 3 rings (SSSR count). The van der Waals surface area contributed by atoms with Gasteiger partial charge >= 0.3 is 5.97 Å². The first-order chi connectivity index (χ1) is 19.5. The van der Waals surface area contributed by atoms with Crippen LogP contribution in [0.2, 0.25) is 0 Å². The summed E-state index contributed by atoms with van der Waals surface area (Å²) in [6.07, 6.45) is 4.87. The summed E-state index contributed by atoms with van der Waals surface area (Å²) in [5, 5.41) is 10.5. The second-order valence-corrected chi connectivity index (χ2v) is 11.6. The highest BCUT2D eigenvalue weighted by atomic mass is 16.5. The van der Waals surface area contributed by atoms with Crippen LogP contribution in [0.1, 0.15) is 95.8 Å². The number of hydrogen-bond donors (Lipinski definition) is 2. The summed E-state index contributed by atoms with van der Waals surface area (Å²) >= 11 is 0. The molecule has 226 valence electrons. The number of ether oxygens (including phenoxy) is 1. The van der Waals surface area contributed by atoms with Crippen molar-refractivity contribution >= 4 is 5.97 Å². The van der Waals surface area contributed by atoms with Crippen molar-refractivity contribution in [3.63, 3.8) is 0 Å². The molecule has 2 aromatic rings. The van der Waals surface area contributed by atoms with Crippen molar-refractivity contribution in [2.75, 3.05) is 13.1 Å². The number of hydrogen-bond acceptors (Lipinski definition) is 6. The molecular formula is C34H52N4O3. The number of likely N-dealkylation sites (N-methyl/N-ethyl adjacent to an activating group) is 1. The monoisotopic (exact) mass is 564 g/mol. The third-order valence-electron chi connectivity index (χ3n) is 8.97. The van der Waals surface area contributed by atoms with E-state index in [1.807, 2.05) is 20.0 Å². The normalized spacial score (nSPS) is 19.1. The van der Waals surface area contributed by atoms with Gasteiger partial charge in [0, 0.05) is 42.8 Å². The van der Waals surface area contributed by atoms with Gasteiger partial charge in [-0.1, -0.05) is 71.4 Å². The van der Waals surface area contributed by atoms with Crippen molar-refractivity contribution < 1.29 is 14.6 Å². The van der Waals surface area contributed by atoms with Gasteiger partial charge in [0.2, 0.25) is 0 Å². The Morgan fingerprint density at radius 3 is 2.10 bits per heavy atom. The molecule has 0 amide bonds. The van der Waals surface area contributed by atoms with Crippen molar-refractivity contribution in [1.29, 1.82) is 0 Å². The number of carboxylic acids is 1. The molecule has 0 radical (unpaired) electrons. The fraction of sp³-hybridized carbons (Fsp3) is 0.588. The van der Waals surface area contributed by atoms with Crippen LogP contribution in [0, 0.1) is 19.8 Å². The Kier molecular flexibility index (Phi) is 10.8. The van der Waals surface area contributed by atoms with E-state index in [1.54, 1.807) is 0 Å². The number of pyridine rings is 1. The zero-order chi connectivity index (χ0) is 30.5. The van der Waals surface area contributed by atoms with Crippen LogP contribution in [0.4, 0.5) is 0 Å². The SMILES string of the molecule is CCN1C=C(C(=O)O)C(CC)(OCc2c(C)nc(CC(C)C)c(CN)c2-c2ccc(C)cc2)N(CC)C1(CC)CC. The molecule has 2 heterocycles. The zero-order valence-corrected chi connectivity index (χ0v) is 26.8. The number of carbonyl (C=O) groups is 1. The van der Waals surface area contributed by atoms with E-state index in [-0.39, 0.29) is 17.8 Å². The highest BCUT2D eigenvalue weighted by Crippen LogP contribution is 2.46. The van der Waals surface area contributed by atoms with E-state index in [0.29, 0.717) is 32.0 Å². The molecule has 0 saturated carbocycles. The van der Waals surface area contributed by atoms with E-state index in [1.165, 1.54) is 5.56 Å². The number of rotatable bonds is 13. The summed E-state index contributed by atoms with van der Waals surface area (Å²) in [5.41, 5.74) is 12.5. The number of nitrogens with two attached hydrogens (primary N) is 1. The van der Waals surface area contributed by atoms with Crippen molar-refractivity contribution in [3.05, 3.63) is 64.1 Å². The average Bonchev–Trinajstić information content (AvgIpc) is 2.95. The van der Waals surface area contributed by atoms with Gasteiger partial charge in [0.1, 0.15) is 0 Å². The van der Waals surface area contributed by atoms with Crippen LogP contribution < -0.4 is 5.73 Å². The molecule has 3 N–H and O–H groups in total. The lowest BCUT2D eigenvalue weighted by Crippen LogP contribution is -2.71. The minimum absolute atomic E-state index is 0.224. The van der Waals surface area contributed by atoms with Crippen LogP contribution in [0.25, 0.3) is 11.1 Å². The zero-order valence-electron chi connectivity index (χ0n) is 26.8. The van der Waals surface area contributed by atoms with E-state index in [4.69, 9.17) is 15.5 Å². The fourth-order valence-corrected chi connectivity index (χ4v) is 6.91. The molecule has 0 fully saturated rings. The fourth-order valence-electron chi connectivity index (χ4n) is 6.91. The Balaban J connectivity index is 2.27. The van der Waals surface area contributed by atoms with Crippen molar-refractivity contribution in [3.8, 4) is 11.1 Å². The molecule has 0 bridgehead atoms. The molecule has 7 nitrogen and oxygen atoms in total. The van der Waals surface area contributed by atoms with Gasteiger partial charge < -0.3 is 20.5 Å². The third-order valence-corrected chi connectivity index (χ3v) is 8.97. The standard InChI is InChI=1S/C34H52N4O3/c1-10-33(11-2)37(13-4)21-29(32(39)40)34(12-3,38(33)14-5)41-22-28-25(9)36-30(19-23(6)7)27(20-35)31(28)26-17-15-24(8)16-18-26/h15-18,21,23H,10-14,19-20,22,35H2,1-9H3,(H,39,40). The highest BCUT2D eigenvalue weighted by Gasteiger charge is 2.55. The average molecular weight is 565 g/mol. The number of nitrogens with zero attached hydrogens (tertiary/aromatic N) is 3. The number of aliphatic carboxylic acids is 1. The maximum Gasteiger partial charge on any atom is 0.337 e. The summed E-state index contributed by atoms with van der Waals surface area (Å²) < 4.78 is 6.99. The highest BCUT2D eigenvalue weighted by molar-refractivity contribution is 5.89. The van der Waals surface area contributed by atoms with E-state index in [9.17, 15) is 9.90 Å². The Bertz CT molecular complexity index is 1230. The lowest BCUT2D eigenvalue weighted by molar-refractivity contribution is -0.225. The summed E-state index contributed by atoms with van der Waals surface area (Å²) in [6.45, 7) is 21.0. The first-order valence-corrected chi connectivity index (χ1v) is 15.4. The van der Waals surface area contributed by atoms with Gasteiger partial charge in [-0.25, -0.2) is 9.69 Å². The van der Waals surface area contributed by atoms with Crippen LogP contribution in [-0.2, 0) is 29.1 Å². The van der Waals surface area contributed by atoms with Gasteiger partial charge in [-0.15, -0.1) is 0 Å². The largest absolute Gasteiger partial charge is 0.478 e. The van der Waals surface area contributed by atoms with Crippen LogP contribution in [0.3, 0.4) is 0 Å². The van der Waals surface area contributed by atoms with E-state index in [2.05, 4.69) is 82.5 Å². The second-order valence-electron chi connectivity index (χ2n) is 11.6. The Hall–Kier alpha value is -2.74. The molecular weight excluding hydrogens is 512 g/mol. The van der Waals surface area contributed by atoms with Crippen LogP contribution >= 0.6 is 0 Å². The van der Waals surface area contributed by atoms with Crippen LogP contribution in [0.5, 0.6) is 0 Å². The van der Waals surface area contributed by atoms with Gasteiger partial charge in [0.25, 0.3) is 0 Å². The molecule has 1 atom stereocenters. The molecule has 7 heteroatoms. The molecule has 1 aliphatic heterocycles. The minimum Gasteiger partial charge on any atom is -0.478 e. The smallest absolute Gasteiger partial charge is 0.337 e. The van der Waals surface area contributed by atoms with Gasteiger partial charge in [0.05, 0.1) is 17.8 Å². The number of aromatic nitrogens is 1. The molecule has 1 aromatic carbocycles. The first kappa shape index (κ1) is 32.8. The summed E-state index contributed by atoms with van der Waals surface area (Å²) in [4.78, 5) is 22.4. The minimum atomic E-state index is -1.10. The lowest BCUT2D eigenvalue weighted by atomic mass is 9.86. The summed E-state index contributed by atoms with van der Waals surface area (Å²) in [7, 11) is 0. The van der Waals surface area contributed by atoms with Gasteiger partial charge in [-0.05, 0) is 69.1 Å². The lowest BCUT2D eigenvalue weighted by Gasteiger charge is -2.60. The number of carboxylic acid groups (broad SMARTS) is 1. The second kappa shape index (κ2) is 13.5. The Morgan fingerprint density at radius 2 is 1.63 bits per heavy atom. The molecule has 1 aliphatic rings. The molecule has 0 aliphatic carbocycles. The van der Waals surface area contributed by atoms with Gasteiger partial charge in [0.15, 0.2) is 5.72 Å². The van der Waals surface area contributed by atoms with Crippen LogP contribution in [0.15, 0.2) is 36.0 Å². The molecule has 1 aromatic heterocycles. The van der Waals surface area contributed by atoms with Gasteiger partial charge in [-0.3, -0.25) is 4.98 Å². The van der Waals surface area contributed by atoms with E-state index >= 15 is 0 Å². The molecule has 0 saturated heterocycles. The quantitative estimate of drug-likeness (QED) is 0.277. The molecule has 0 spiro atoms. The maximum atomic E-state index is 12.9. The Morgan fingerprint density at radius 1 is 1.00 bits per heavy atom. The first-order valence-electron chi connectivity index (χ1n) is 15.4. The number of benzene rings is 1. The van der Waals surface area contributed by atoms with Crippen LogP contribution in [-0.4, -0.2) is 50.3 Å². The van der Waals surface area contributed by atoms with Crippen molar-refractivity contribution in [1.82, 2.24) is 14.8 Å². The van der Waals surface area contributed by atoms with Gasteiger partial charge in [-0.2, -0.15) is 0 Å². The van der Waals surface area contributed by atoms with E-state index in [0.717, 1.165) is 52.9 Å². The van der Waals surface area contributed by atoms with Crippen molar-refractivity contribution in [2.45, 2.75) is 113 Å². The number of aryl methyl sites for hydroxylation is 2. The summed E-state index contributed by atoms with van der Waals surface area (Å²) in [5.74, 6) is -0.516. The Labute approximate surface area is 247 Å². The summed E-state index contributed by atoms with van der Waals surface area (Å²) in [6, 6.07) is 8.52. The topological polar surface area (TPSA) is 91.9 Å². The molecule has 1 unspecified atom stereocenters. The predicted molar refractivity (Wildman–Crippen MR) is 167 cm³/mol. The van der Waals surface area contributed by atoms with E-state index < -0.39 is 11.7 Å². The maximum absolute atomic E-state index is 12.9.